The van der Waals surface area contributed by atoms with Crippen LogP contribution in [0.2, 0.25) is 0 Å². The molecule has 3 aliphatic rings. The molecule has 208 valence electrons. The van der Waals surface area contributed by atoms with Crippen molar-refractivity contribution >= 4 is 23.5 Å². The van der Waals surface area contributed by atoms with Gasteiger partial charge in [-0.3, -0.25) is 0 Å². The minimum absolute atomic E-state index is 0.202. The monoisotopic (exact) mass is 560 g/mol. The van der Waals surface area contributed by atoms with Gasteiger partial charge in [-0.15, -0.1) is 23.5 Å². The van der Waals surface area contributed by atoms with E-state index >= 15 is 0 Å². The Kier molecular flexibility index (Phi) is 9.43. The first kappa shape index (κ1) is 28.4. The Morgan fingerprint density at radius 3 is 2.05 bits per heavy atom. The third-order valence-electron chi connectivity index (χ3n) is 6.90. The third kappa shape index (κ3) is 7.34. The van der Waals surface area contributed by atoms with E-state index in [9.17, 15) is 0 Å². The maximum atomic E-state index is 6.76. The lowest BCUT2D eigenvalue weighted by Gasteiger charge is -2.50. The Hall–Kier alpha value is -1.10. The topological polar surface area (TPSA) is 55.4 Å². The van der Waals surface area contributed by atoms with Gasteiger partial charge in [-0.05, 0) is 56.7 Å². The highest BCUT2D eigenvalue weighted by Crippen LogP contribution is 2.43. The molecule has 0 spiro atoms. The molecule has 5 rings (SSSR count). The van der Waals surface area contributed by atoms with Gasteiger partial charge in [0.1, 0.15) is 30.5 Å². The second-order valence-electron chi connectivity index (χ2n) is 10.9. The molecule has 5 atom stereocenters. The number of rotatable bonds is 9. The third-order valence-corrected chi connectivity index (χ3v) is 9.96. The highest BCUT2D eigenvalue weighted by molar-refractivity contribution is 8.17. The molecular formula is C30H40O6S2. The molecule has 3 saturated heterocycles. The predicted octanol–water partition coefficient (Wildman–Crippen LogP) is 6.03. The smallest absolute Gasteiger partial charge is 0.164 e. The van der Waals surface area contributed by atoms with Crippen LogP contribution in [-0.2, 0) is 41.6 Å². The number of ether oxygens (including phenoxy) is 6. The van der Waals surface area contributed by atoms with E-state index in [4.69, 9.17) is 28.4 Å². The van der Waals surface area contributed by atoms with E-state index in [1.807, 2.05) is 87.6 Å². The molecule has 0 saturated carbocycles. The van der Waals surface area contributed by atoms with Gasteiger partial charge < -0.3 is 28.4 Å². The van der Waals surface area contributed by atoms with Crippen LogP contribution < -0.4 is 0 Å². The highest BCUT2D eigenvalue weighted by Gasteiger charge is 2.54. The van der Waals surface area contributed by atoms with Crippen molar-refractivity contribution < 1.29 is 28.4 Å². The molecule has 3 aliphatic heterocycles. The summed E-state index contributed by atoms with van der Waals surface area (Å²) in [6.07, 6.45) is -0.418. The molecule has 2 aromatic carbocycles. The first-order chi connectivity index (χ1) is 18.3. The van der Waals surface area contributed by atoms with E-state index in [1.54, 1.807) is 0 Å². The molecular weight excluding hydrogens is 520 g/mol. The zero-order chi connectivity index (χ0) is 26.6. The van der Waals surface area contributed by atoms with Crippen molar-refractivity contribution in [1.29, 1.82) is 0 Å². The molecule has 8 heteroatoms. The van der Waals surface area contributed by atoms with Crippen molar-refractivity contribution in [2.24, 2.45) is 0 Å². The van der Waals surface area contributed by atoms with Gasteiger partial charge in [-0.25, -0.2) is 0 Å². The zero-order valence-corrected chi connectivity index (χ0v) is 24.4. The van der Waals surface area contributed by atoms with Gasteiger partial charge in [0.2, 0.25) is 0 Å². The molecule has 6 nitrogen and oxygen atoms in total. The molecule has 0 amide bonds. The second kappa shape index (κ2) is 12.6. The summed E-state index contributed by atoms with van der Waals surface area (Å²) in [6, 6.07) is 20.6. The first-order valence-electron chi connectivity index (χ1n) is 13.5. The fraction of sp³-hybridized carbons (Fsp3) is 0.600. The number of hydrogen-bond donors (Lipinski definition) is 0. The SMILES string of the molecule is CC1(C)O[C@@H]([C@@H]2COC(C)(C)O2)[C@H](OCc2ccccc2)[C@@H]([C@H](OCc2ccccc2)C2SCCCS2)O1. The molecule has 3 heterocycles. The maximum absolute atomic E-state index is 6.76. The van der Waals surface area contributed by atoms with Crippen LogP contribution in [0.3, 0.4) is 0 Å². The summed E-state index contributed by atoms with van der Waals surface area (Å²) in [6.45, 7) is 9.21. The molecule has 0 N–H and O–H groups in total. The van der Waals surface area contributed by atoms with Crippen molar-refractivity contribution in [2.45, 2.75) is 94.0 Å². The fourth-order valence-corrected chi connectivity index (χ4v) is 8.25. The summed E-state index contributed by atoms with van der Waals surface area (Å²) in [5.41, 5.74) is 2.24. The number of hydrogen-bond acceptors (Lipinski definition) is 8. The summed E-state index contributed by atoms with van der Waals surface area (Å²) in [4.78, 5) is 0. The van der Waals surface area contributed by atoms with E-state index < -0.39 is 17.7 Å². The highest BCUT2D eigenvalue weighted by atomic mass is 32.2. The molecule has 38 heavy (non-hydrogen) atoms. The minimum atomic E-state index is -0.837. The Bertz CT molecular complexity index is 998. The minimum Gasteiger partial charge on any atom is -0.369 e. The van der Waals surface area contributed by atoms with E-state index in [2.05, 4.69) is 24.3 Å². The van der Waals surface area contributed by atoms with Gasteiger partial charge in [0.15, 0.2) is 11.6 Å². The van der Waals surface area contributed by atoms with Crippen LogP contribution >= 0.6 is 23.5 Å². The lowest BCUT2D eigenvalue weighted by Crippen LogP contribution is -2.64. The number of thioether (sulfide) groups is 2. The van der Waals surface area contributed by atoms with Crippen LogP contribution in [0.4, 0.5) is 0 Å². The molecule has 0 radical (unpaired) electrons. The zero-order valence-electron chi connectivity index (χ0n) is 22.7. The van der Waals surface area contributed by atoms with Crippen molar-refractivity contribution in [3.63, 3.8) is 0 Å². The second-order valence-corrected chi connectivity index (χ2v) is 13.7. The van der Waals surface area contributed by atoms with Gasteiger partial charge in [0.05, 0.1) is 24.4 Å². The van der Waals surface area contributed by atoms with Gasteiger partial charge in [0, 0.05) is 0 Å². The summed E-state index contributed by atoms with van der Waals surface area (Å²) in [7, 11) is 0. The fourth-order valence-electron chi connectivity index (χ4n) is 5.17. The van der Waals surface area contributed by atoms with Crippen molar-refractivity contribution in [2.75, 3.05) is 18.1 Å². The summed E-state index contributed by atoms with van der Waals surface area (Å²) in [5, 5.41) is 0. The van der Waals surface area contributed by atoms with Gasteiger partial charge in [-0.1, -0.05) is 60.7 Å². The van der Waals surface area contributed by atoms with E-state index in [-0.39, 0.29) is 29.0 Å². The van der Waals surface area contributed by atoms with Crippen LogP contribution in [0, 0.1) is 0 Å². The Morgan fingerprint density at radius 1 is 0.816 bits per heavy atom. The molecule has 0 bridgehead atoms. The normalized spacial score (nSPS) is 30.2. The molecule has 3 fully saturated rings. The Balaban J connectivity index is 1.45. The summed E-state index contributed by atoms with van der Waals surface area (Å²) in [5.74, 6) is 0.717. The van der Waals surface area contributed by atoms with Crippen LogP contribution in [0.15, 0.2) is 60.7 Å². The molecule has 0 aliphatic carbocycles. The maximum Gasteiger partial charge on any atom is 0.164 e. The average molecular weight is 561 g/mol. The van der Waals surface area contributed by atoms with Crippen LogP contribution in [0.5, 0.6) is 0 Å². The van der Waals surface area contributed by atoms with Crippen molar-refractivity contribution in [1.82, 2.24) is 0 Å². The van der Waals surface area contributed by atoms with Gasteiger partial charge in [-0.2, -0.15) is 0 Å². The molecule has 0 unspecified atom stereocenters. The average Bonchev–Trinajstić information content (AvgIpc) is 3.29. The molecule has 0 aromatic heterocycles. The van der Waals surface area contributed by atoms with E-state index in [1.165, 1.54) is 6.42 Å². The van der Waals surface area contributed by atoms with Crippen LogP contribution in [0.1, 0.15) is 45.2 Å². The summed E-state index contributed by atoms with van der Waals surface area (Å²) >= 11 is 3.91. The quantitative estimate of drug-likeness (QED) is 0.369. The molecule has 2 aromatic rings. The van der Waals surface area contributed by atoms with Gasteiger partial charge >= 0.3 is 0 Å². The Labute approximate surface area is 235 Å². The summed E-state index contributed by atoms with van der Waals surface area (Å²) < 4.78 is 39.3. The Morgan fingerprint density at radius 2 is 1.45 bits per heavy atom. The van der Waals surface area contributed by atoms with Crippen molar-refractivity contribution in [3.8, 4) is 0 Å². The lowest BCUT2D eigenvalue weighted by molar-refractivity contribution is -0.366. The largest absolute Gasteiger partial charge is 0.369 e. The predicted molar refractivity (Wildman–Crippen MR) is 152 cm³/mol. The van der Waals surface area contributed by atoms with Crippen LogP contribution in [-0.4, -0.2) is 64.8 Å². The first-order valence-corrected chi connectivity index (χ1v) is 15.6. The standard InChI is InChI=1S/C30H40O6S2/c1-29(2)33-20-23(34-29)24-25(31-18-21-12-7-5-8-13-21)26(36-30(3,4)35-24)27(28-37-16-11-17-38-28)32-19-22-14-9-6-10-15-22/h5-10,12-15,23-28H,11,16-20H2,1-4H3/t23-,24-,25-,26-,27-/m0/s1. The van der Waals surface area contributed by atoms with Crippen LogP contribution in [0.25, 0.3) is 0 Å². The van der Waals surface area contributed by atoms with E-state index in [0.717, 1.165) is 22.6 Å². The van der Waals surface area contributed by atoms with Gasteiger partial charge in [0.25, 0.3) is 0 Å². The number of benzene rings is 2. The van der Waals surface area contributed by atoms with Crippen molar-refractivity contribution in [3.05, 3.63) is 71.8 Å². The van der Waals surface area contributed by atoms with E-state index in [0.29, 0.717) is 19.8 Å². The lowest BCUT2D eigenvalue weighted by atomic mass is 9.96.